The molecule has 2 heterocycles. The second-order valence-corrected chi connectivity index (χ2v) is 7.95. The molecular weight excluding hydrogens is 354 g/mol. The second kappa shape index (κ2) is 7.30. The number of fused-ring (bicyclic) bond motifs is 1. The van der Waals surface area contributed by atoms with Gasteiger partial charge in [-0.15, -0.1) is 0 Å². The van der Waals surface area contributed by atoms with Crippen LogP contribution >= 0.6 is 0 Å². The third-order valence-corrected chi connectivity index (χ3v) is 6.06. The van der Waals surface area contributed by atoms with Gasteiger partial charge in [0.25, 0.3) is 0 Å². The molecule has 28 heavy (non-hydrogen) atoms. The van der Waals surface area contributed by atoms with E-state index >= 15 is 0 Å². The van der Waals surface area contributed by atoms with Crippen LogP contribution < -0.4 is 11.1 Å². The number of anilines is 1. The van der Waals surface area contributed by atoms with Gasteiger partial charge in [-0.25, -0.2) is 0 Å². The van der Waals surface area contributed by atoms with E-state index in [0.717, 1.165) is 36.1 Å². The Balaban J connectivity index is 1.58. The number of carbonyl (C=O) groups excluding carboxylic acids is 2. The summed E-state index contributed by atoms with van der Waals surface area (Å²) in [7, 11) is 3.62. The Bertz CT molecular complexity index is 906. The van der Waals surface area contributed by atoms with Gasteiger partial charge in [0.05, 0.1) is 24.2 Å². The van der Waals surface area contributed by atoms with E-state index in [1.165, 1.54) is 5.56 Å². The van der Waals surface area contributed by atoms with Crippen LogP contribution in [0.1, 0.15) is 54.5 Å². The summed E-state index contributed by atoms with van der Waals surface area (Å²) in [6, 6.07) is 5.65. The molecule has 0 spiro atoms. The SMILES string of the molecule is CN1C(=O)CCC(C(=O)NC2CCCc3cc(N)ccc32)C1c1cnn(C)c1. The highest BCUT2D eigenvalue weighted by molar-refractivity contribution is 5.85. The Labute approximate surface area is 164 Å². The van der Waals surface area contributed by atoms with Crippen molar-refractivity contribution < 1.29 is 9.59 Å². The van der Waals surface area contributed by atoms with Gasteiger partial charge in [-0.05, 0) is 48.9 Å². The molecule has 7 heteroatoms. The van der Waals surface area contributed by atoms with Gasteiger partial charge in [-0.1, -0.05) is 6.07 Å². The molecule has 1 fully saturated rings. The van der Waals surface area contributed by atoms with Gasteiger partial charge in [-0.2, -0.15) is 5.10 Å². The van der Waals surface area contributed by atoms with Gasteiger partial charge in [-0.3, -0.25) is 14.3 Å². The number of piperidine rings is 1. The summed E-state index contributed by atoms with van der Waals surface area (Å²) in [6.07, 6.45) is 7.51. The average Bonchev–Trinajstić information content (AvgIpc) is 3.09. The molecule has 1 aliphatic carbocycles. The molecule has 1 aromatic heterocycles. The Morgan fingerprint density at radius 3 is 2.82 bits per heavy atom. The summed E-state index contributed by atoms with van der Waals surface area (Å²) < 4.78 is 1.71. The number of carbonyl (C=O) groups is 2. The van der Waals surface area contributed by atoms with Crippen LogP contribution in [-0.4, -0.2) is 33.5 Å². The van der Waals surface area contributed by atoms with Crippen LogP contribution in [0.5, 0.6) is 0 Å². The number of benzene rings is 1. The molecule has 1 saturated heterocycles. The molecule has 2 amide bonds. The first kappa shape index (κ1) is 18.5. The van der Waals surface area contributed by atoms with E-state index in [9.17, 15) is 9.59 Å². The van der Waals surface area contributed by atoms with E-state index in [4.69, 9.17) is 5.73 Å². The predicted octanol–water partition coefficient (Wildman–Crippen LogP) is 2.11. The fraction of sp³-hybridized carbons (Fsp3) is 0.476. The first-order chi connectivity index (χ1) is 13.4. The molecule has 0 radical (unpaired) electrons. The molecule has 3 unspecified atom stereocenters. The number of amides is 2. The van der Waals surface area contributed by atoms with Crippen LogP contribution in [0.15, 0.2) is 30.6 Å². The minimum atomic E-state index is -0.288. The lowest BCUT2D eigenvalue weighted by Gasteiger charge is -2.38. The van der Waals surface area contributed by atoms with Crippen LogP contribution in [0.25, 0.3) is 0 Å². The molecule has 4 rings (SSSR count). The number of nitrogen functional groups attached to an aromatic ring is 1. The molecule has 148 valence electrons. The molecular formula is C21H27N5O2. The number of aryl methyl sites for hydroxylation is 2. The second-order valence-electron chi connectivity index (χ2n) is 7.95. The Hall–Kier alpha value is -2.83. The zero-order chi connectivity index (χ0) is 19.8. The van der Waals surface area contributed by atoms with Crippen LogP contribution in [0.2, 0.25) is 0 Å². The molecule has 2 aliphatic rings. The zero-order valence-corrected chi connectivity index (χ0v) is 16.4. The minimum absolute atomic E-state index is 0.00266. The van der Waals surface area contributed by atoms with Crippen LogP contribution in [0, 0.1) is 5.92 Å². The van der Waals surface area contributed by atoms with Crippen LogP contribution in [0.3, 0.4) is 0 Å². The number of hydrogen-bond donors (Lipinski definition) is 2. The first-order valence-electron chi connectivity index (χ1n) is 9.87. The Morgan fingerprint density at radius 1 is 1.25 bits per heavy atom. The molecule has 7 nitrogen and oxygen atoms in total. The van der Waals surface area contributed by atoms with Crippen molar-refractivity contribution in [2.45, 2.75) is 44.2 Å². The van der Waals surface area contributed by atoms with Crippen molar-refractivity contribution in [2.75, 3.05) is 12.8 Å². The molecule has 3 N–H and O–H groups in total. The summed E-state index contributed by atoms with van der Waals surface area (Å²) in [5.41, 5.74) is 9.96. The van der Waals surface area contributed by atoms with Gasteiger partial charge in [0.1, 0.15) is 0 Å². The summed E-state index contributed by atoms with van der Waals surface area (Å²) in [4.78, 5) is 27.3. The monoisotopic (exact) mass is 381 g/mol. The molecule has 0 saturated carbocycles. The topological polar surface area (TPSA) is 93.2 Å². The Kier molecular flexibility index (Phi) is 4.83. The summed E-state index contributed by atoms with van der Waals surface area (Å²) in [5.74, 6) is -0.217. The standard InChI is InChI=1S/C21H27N5O2/c1-25-12-14(11-23-25)20-17(8-9-19(27)26(20)2)21(28)24-18-5-3-4-13-10-15(22)6-7-16(13)18/h6-7,10-12,17-18,20H,3-5,8-9,22H2,1-2H3,(H,24,28). The number of nitrogens with one attached hydrogen (secondary N) is 1. The fourth-order valence-electron chi connectivity index (χ4n) is 4.62. The van der Waals surface area contributed by atoms with Crippen LogP contribution in [0.4, 0.5) is 5.69 Å². The third kappa shape index (κ3) is 3.37. The van der Waals surface area contributed by atoms with E-state index in [1.54, 1.807) is 22.8 Å². The van der Waals surface area contributed by atoms with Crippen LogP contribution in [-0.2, 0) is 23.1 Å². The number of rotatable bonds is 3. The lowest BCUT2D eigenvalue weighted by atomic mass is 9.83. The lowest BCUT2D eigenvalue weighted by Crippen LogP contribution is -2.47. The van der Waals surface area contributed by atoms with Gasteiger partial charge in [0, 0.05) is 38.0 Å². The van der Waals surface area contributed by atoms with E-state index in [-0.39, 0.29) is 29.8 Å². The van der Waals surface area contributed by atoms with Crippen molar-refractivity contribution in [1.29, 1.82) is 0 Å². The Morgan fingerprint density at radius 2 is 2.07 bits per heavy atom. The maximum absolute atomic E-state index is 13.3. The number of nitrogens with zero attached hydrogens (tertiary/aromatic N) is 3. The number of hydrogen-bond acceptors (Lipinski definition) is 4. The first-order valence-corrected chi connectivity index (χ1v) is 9.87. The summed E-state index contributed by atoms with van der Waals surface area (Å²) in [5, 5.41) is 7.50. The van der Waals surface area contributed by atoms with Gasteiger partial charge in [0.15, 0.2) is 0 Å². The largest absolute Gasteiger partial charge is 0.399 e. The molecule has 2 aromatic rings. The van der Waals surface area contributed by atoms with E-state index < -0.39 is 0 Å². The maximum atomic E-state index is 13.3. The number of aromatic nitrogens is 2. The number of nitrogens with two attached hydrogens (primary N) is 1. The van der Waals surface area contributed by atoms with Crippen molar-refractivity contribution >= 4 is 17.5 Å². The highest BCUT2D eigenvalue weighted by Gasteiger charge is 2.40. The van der Waals surface area contributed by atoms with Crippen molar-refractivity contribution in [3.63, 3.8) is 0 Å². The van der Waals surface area contributed by atoms with Crippen molar-refractivity contribution in [1.82, 2.24) is 20.0 Å². The quantitative estimate of drug-likeness (QED) is 0.797. The molecule has 0 bridgehead atoms. The van der Waals surface area contributed by atoms with Gasteiger partial charge >= 0.3 is 0 Å². The highest BCUT2D eigenvalue weighted by Crippen LogP contribution is 2.37. The minimum Gasteiger partial charge on any atom is -0.399 e. The predicted molar refractivity (Wildman–Crippen MR) is 106 cm³/mol. The van der Waals surface area contributed by atoms with E-state index in [1.807, 2.05) is 31.4 Å². The van der Waals surface area contributed by atoms with E-state index in [0.29, 0.717) is 12.8 Å². The summed E-state index contributed by atoms with van der Waals surface area (Å²) in [6.45, 7) is 0. The van der Waals surface area contributed by atoms with E-state index in [2.05, 4.69) is 10.4 Å². The fourth-order valence-corrected chi connectivity index (χ4v) is 4.62. The summed E-state index contributed by atoms with van der Waals surface area (Å²) >= 11 is 0. The van der Waals surface area contributed by atoms with Crippen molar-refractivity contribution in [2.24, 2.45) is 13.0 Å². The maximum Gasteiger partial charge on any atom is 0.226 e. The average molecular weight is 381 g/mol. The molecule has 3 atom stereocenters. The van der Waals surface area contributed by atoms with Gasteiger partial charge < -0.3 is 16.0 Å². The normalized spacial score (nSPS) is 24.7. The van der Waals surface area contributed by atoms with Gasteiger partial charge in [0.2, 0.25) is 11.8 Å². The zero-order valence-electron chi connectivity index (χ0n) is 16.4. The highest BCUT2D eigenvalue weighted by atomic mass is 16.2. The van der Waals surface area contributed by atoms with Crippen molar-refractivity contribution in [3.8, 4) is 0 Å². The number of likely N-dealkylation sites (tertiary alicyclic amines) is 1. The van der Waals surface area contributed by atoms with Crippen molar-refractivity contribution in [3.05, 3.63) is 47.3 Å². The third-order valence-electron chi connectivity index (χ3n) is 6.06. The molecule has 1 aromatic carbocycles. The smallest absolute Gasteiger partial charge is 0.226 e. The lowest BCUT2D eigenvalue weighted by molar-refractivity contribution is -0.142. The molecule has 1 aliphatic heterocycles.